The molecule has 2 rings (SSSR count). The molecular formula is C20H23ClN2O2. The van der Waals surface area contributed by atoms with Crippen molar-refractivity contribution in [3.8, 4) is 5.75 Å². The quantitative estimate of drug-likeness (QED) is 0.587. The van der Waals surface area contributed by atoms with Crippen LogP contribution in [0.5, 0.6) is 5.75 Å². The summed E-state index contributed by atoms with van der Waals surface area (Å²) in [5, 5.41) is 4.47. The molecule has 1 amide bonds. The molecule has 132 valence electrons. The standard InChI is InChI=1S/C20H23ClN2O2/c1-5-25-19-10-14(4)15(11-17(19)13(2)3)12-22-23-20(24)16-8-6-7-9-18(16)21/h6-13H,5H2,1-4H3,(H,23,24)/b22-12-. The van der Waals surface area contributed by atoms with Crippen molar-refractivity contribution in [1.82, 2.24) is 5.43 Å². The minimum absolute atomic E-state index is 0.326. The van der Waals surface area contributed by atoms with E-state index in [4.69, 9.17) is 16.3 Å². The first-order valence-corrected chi connectivity index (χ1v) is 8.67. The molecule has 0 aliphatic carbocycles. The first kappa shape index (κ1) is 19.0. The van der Waals surface area contributed by atoms with Crippen LogP contribution in [0.3, 0.4) is 0 Å². The Labute approximate surface area is 153 Å². The predicted octanol–water partition coefficient (Wildman–Crippen LogP) is 4.93. The largest absolute Gasteiger partial charge is 0.494 e. The van der Waals surface area contributed by atoms with Crippen LogP contribution in [0.15, 0.2) is 41.5 Å². The second-order valence-electron chi connectivity index (χ2n) is 6.01. The molecule has 5 heteroatoms. The summed E-state index contributed by atoms with van der Waals surface area (Å²) in [6, 6.07) is 10.9. The van der Waals surface area contributed by atoms with Gasteiger partial charge in [0.2, 0.25) is 0 Å². The number of hydrazone groups is 1. The normalized spacial score (nSPS) is 11.1. The molecule has 1 N–H and O–H groups in total. The van der Waals surface area contributed by atoms with Crippen LogP contribution in [0.4, 0.5) is 0 Å². The van der Waals surface area contributed by atoms with Crippen LogP contribution in [-0.2, 0) is 0 Å². The lowest BCUT2D eigenvalue weighted by Gasteiger charge is -2.15. The number of benzene rings is 2. The third-order valence-corrected chi connectivity index (χ3v) is 4.14. The lowest BCUT2D eigenvalue weighted by molar-refractivity contribution is 0.0955. The van der Waals surface area contributed by atoms with Crippen molar-refractivity contribution >= 4 is 23.7 Å². The van der Waals surface area contributed by atoms with Crippen molar-refractivity contribution in [2.75, 3.05) is 6.61 Å². The first-order valence-electron chi connectivity index (χ1n) is 8.29. The van der Waals surface area contributed by atoms with Crippen LogP contribution < -0.4 is 10.2 Å². The fraction of sp³-hybridized carbons (Fsp3) is 0.300. The number of ether oxygens (including phenoxy) is 1. The molecule has 0 aliphatic rings. The molecule has 2 aromatic rings. The minimum atomic E-state index is -0.338. The number of carbonyl (C=O) groups excluding carboxylic acids is 1. The summed E-state index contributed by atoms with van der Waals surface area (Å²) in [7, 11) is 0. The first-order chi connectivity index (χ1) is 11.9. The van der Waals surface area contributed by atoms with E-state index in [1.807, 2.05) is 19.9 Å². The topological polar surface area (TPSA) is 50.7 Å². The van der Waals surface area contributed by atoms with Gasteiger partial charge in [-0.25, -0.2) is 5.43 Å². The number of halogens is 1. The van der Waals surface area contributed by atoms with Gasteiger partial charge >= 0.3 is 0 Å². The van der Waals surface area contributed by atoms with Gasteiger partial charge in [0.1, 0.15) is 5.75 Å². The predicted molar refractivity (Wildman–Crippen MR) is 103 cm³/mol. The van der Waals surface area contributed by atoms with Crippen molar-refractivity contribution in [3.05, 3.63) is 63.7 Å². The Kier molecular flexibility index (Phi) is 6.59. The van der Waals surface area contributed by atoms with Crippen LogP contribution in [0.25, 0.3) is 0 Å². The lowest BCUT2D eigenvalue weighted by atomic mass is 9.97. The van der Waals surface area contributed by atoms with E-state index >= 15 is 0 Å². The van der Waals surface area contributed by atoms with E-state index in [0.717, 1.165) is 22.4 Å². The van der Waals surface area contributed by atoms with E-state index in [2.05, 4.69) is 30.4 Å². The number of nitrogens with zero attached hydrogens (tertiary/aromatic N) is 1. The second kappa shape index (κ2) is 8.67. The number of nitrogens with one attached hydrogen (secondary N) is 1. The van der Waals surface area contributed by atoms with Gasteiger partial charge in [0.25, 0.3) is 5.91 Å². The Morgan fingerprint density at radius 3 is 2.68 bits per heavy atom. The monoisotopic (exact) mass is 358 g/mol. The Bertz CT molecular complexity index is 785. The van der Waals surface area contributed by atoms with Gasteiger partial charge in [-0.15, -0.1) is 0 Å². The Morgan fingerprint density at radius 1 is 1.32 bits per heavy atom. The molecule has 0 unspecified atom stereocenters. The zero-order valence-corrected chi connectivity index (χ0v) is 15.7. The maximum absolute atomic E-state index is 12.1. The third kappa shape index (κ3) is 4.83. The molecule has 0 saturated heterocycles. The fourth-order valence-electron chi connectivity index (χ4n) is 2.45. The van der Waals surface area contributed by atoms with E-state index in [0.29, 0.717) is 23.1 Å². The van der Waals surface area contributed by atoms with Crippen molar-refractivity contribution < 1.29 is 9.53 Å². The summed E-state index contributed by atoms with van der Waals surface area (Å²) in [4.78, 5) is 12.1. The highest BCUT2D eigenvalue weighted by Crippen LogP contribution is 2.29. The van der Waals surface area contributed by atoms with Gasteiger partial charge in [-0.05, 0) is 60.7 Å². The average molecular weight is 359 g/mol. The van der Waals surface area contributed by atoms with Gasteiger partial charge in [-0.1, -0.05) is 37.6 Å². The number of amides is 1. The molecule has 0 aromatic heterocycles. The molecule has 0 bridgehead atoms. The summed E-state index contributed by atoms with van der Waals surface area (Å²) in [5.74, 6) is 0.883. The SMILES string of the molecule is CCOc1cc(C)c(/C=N\NC(=O)c2ccccc2Cl)cc1C(C)C. The molecule has 0 atom stereocenters. The number of rotatable bonds is 6. The van der Waals surface area contributed by atoms with E-state index in [9.17, 15) is 4.79 Å². The summed E-state index contributed by atoms with van der Waals surface area (Å²) in [6.07, 6.45) is 1.64. The van der Waals surface area contributed by atoms with Crippen molar-refractivity contribution in [1.29, 1.82) is 0 Å². The molecule has 0 aliphatic heterocycles. The Balaban J connectivity index is 2.19. The number of aryl methyl sites for hydroxylation is 1. The van der Waals surface area contributed by atoms with E-state index in [1.54, 1.807) is 30.5 Å². The number of hydrogen-bond acceptors (Lipinski definition) is 3. The average Bonchev–Trinajstić information content (AvgIpc) is 2.57. The molecule has 0 heterocycles. The van der Waals surface area contributed by atoms with Gasteiger partial charge in [0.15, 0.2) is 0 Å². The molecule has 25 heavy (non-hydrogen) atoms. The maximum Gasteiger partial charge on any atom is 0.272 e. The summed E-state index contributed by atoms with van der Waals surface area (Å²) >= 11 is 6.02. The molecule has 0 spiro atoms. The molecular weight excluding hydrogens is 336 g/mol. The van der Waals surface area contributed by atoms with Crippen molar-refractivity contribution in [2.45, 2.75) is 33.6 Å². The van der Waals surface area contributed by atoms with Crippen molar-refractivity contribution in [2.24, 2.45) is 5.10 Å². The van der Waals surface area contributed by atoms with Gasteiger partial charge < -0.3 is 4.74 Å². The highest BCUT2D eigenvalue weighted by molar-refractivity contribution is 6.33. The summed E-state index contributed by atoms with van der Waals surface area (Å²) < 4.78 is 5.72. The van der Waals surface area contributed by atoms with Crippen molar-refractivity contribution in [3.63, 3.8) is 0 Å². The van der Waals surface area contributed by atoms with E-state index < -0.39 is 0 Å². The van der Waals surface area contributed by atoms with Gasteiger partial charge in [-0.3, -0.25) is 4.79 Å². The van der Waals surface area contributed by atoms with Gasteiger partial charge in [0.05, 0.1) is 23.4 Å². The van der Waals surface area contributed by atoms with E-state index in [-0.39, 0.29) is 5.91 Å². The maximum atomic E-state index is 12.1. The second-order valence-corrected chi connectivity index (χ2v) is 6.42. The molecule has 0 radical (unpaired) electrons. The van der Waals surface area contributed by atoms with Crippen LogP contribution >= 0.6 is 11.6 Å². The summed E-state index contributed by atoms with van der Waals surface area (Å²) in [6.45, 7) is 8.82. The van der Waals surface area contributed by atoms with Crippen LogP contribution in [0, 0.1) is 6.92 Å². The van der Waals surface area contributed by atoms with Crippen LogP contribution in [-0.4, -0.2) is 18.7 Å². The Morgan fingerprint density at radius 2 is 2.04 bits per heavy atom. The van der Waals surface area contributed by atoms with E-state index in [1.165, 1.54) is 0 Å². The highest BCUT2D eigenvalue weighted by Gasteiger charge is 2.11. The molecule has 4 nitrogen and oxygen atoms in total. The molecule has 0 saturated carbocycles. The summed E-state index contributed by atoms with van der Waals surface area (Å²) in [5.41, 5.74) is 6.00. The lowest BCUT2D eigenvalue weighted by Crippen LogP contribution is -2.18. The molecule has 2 aromatic carbocycles. The zero-order valence-electron chi connectivity index (χ0n) is 15.0. The fourth-order valence-corrected chi connectivity index (χ4v) is 2.67. The minimum Gasteiger partial charge on any atom is -0.494 e. The van der Waals surface area contributed by atoms with Gasteiger partial charge in [-0.2, -0.15) is 5.10 Å². The smallest absolute Gasteiger partial charge is 0.272 e. The van der Waals surface area contributed by atoms with Gasteiger partial charge in [0, 0.05) is 0 Å². The number of hydrogen-bond donors (Lipinski definition) is 1. The number of carbonyl (C=O) groups is 1. The third-order valence-electron chi connectivity index (χ3n) is 3.81. The zero-order chi connectivity index (χ0) is 18.4. The highest BCUT2D eigenvalue weighted by atomic mass is 35.5. The Hall–Kier alpha value is -2.33. The van der Waals surface area contributed by atoms with Crippen LogP contribution in [0.1, 0.15) is 53.7 Å². The van der Waals surface area contributed by atoms with Crippen LogP contribution in [0.2, 0.25) is 5.02 Å². The molecule has 0 fully saturated rings.